The zero-order chi connectivity index (χ0) is 14.8. The van der Waals surface area contributed by atoms with Crippen LogP contribution in [0.1, 0.15) is 31.2 Å². The summed E-state index contributed by atoms with van der Waals surface area (Å²) in [5.74, 6) is -1.13. The third kappa shape index (κ3) is 3.17. The van der Waals surface area contributed by atoms with E-state index in [1.807, 2.05) is 24.3 Å². The number of hydrogen-bond acceptors (Lipinski definition) is 3. The lowest BCUT2D eigenvalue weighted by molar-refractivity contribution is -0.140. The normalized spacial score (nSPS) is 24.0. The van der Waals surface area contributed by atoms with Crippen molar-refractivity contribution < 1.29 is 19.4 Å². The molecule has 21 heavy (non-hydrogen) atoms. The van der Waals surface area contributed by atoms with Gasteiger partial charge >= 0.3 is 5.97 Å². The summed E-state index contributed by atoms with van der Waals surface area (Å²) in [5, 5.41) is 11.6. The SMILES string of the molecule is O=C(O)[C@@H]1C[C@H]1C(=O)NCc1ccccc1OC1CCC1. The largest absolute Gasteiger partial charge is 0.490 e. The first-order valence-electron chi connectivity index (χ1n) is 7.40. The number of carbonyl (C=O) groups is 2. The molecule has 0 unspecified atom stereocenters. The average molecular weight is 289 g/mol. The molecule has 112 valence electrons. The topological polar surface area (TPSA) is 75.6 Å². The Morgan fingerprint density at radius 1 is 1.24 bits per heavy atom. The van der Waals surface area contributed by atoms with Gasteiger partial charge in [0.2, 0.25) is 5.91 Å². The molecule has 0 heterocycles. The molecule has 2 fully saturated rings. The van der Waals surface area contributed by atoms with Crippen LogP contribution in [0.4, 0.5) is 0 Å². The molecular weight excluding hydrogens is 270 g/mol. The molecule has 0 aromatic heterocycles. The number of rotatable bonds is 6. The quantitative estimate of drug-likeness (QED) is 0.839. The highest BCUT2D eigenvalue weighted by molar-refractivity contribution is 5.89. The Hall–Kier alpha value is -2.04. The number of carboxylic acid groups (broad SMARTS) is 1. The number of carboxylic acids is 1. The molecule has 2 aliphatic carbocycles. The Kier molecular flexibility index (Phi) is 3.82. The molecule has 2 N–H and O–H groups in total. The maximum absolute atomic E-state index is 11.9. The minimum Gasteiger partial charge on any atom is -0.490 e. The van der Waals surface area contributed by atoms with Crippen molar-refractivity contribution in [2.45, 2.75) is 38.3 Å². The number of ether oxygens (including phenoxy) is 1. The first-order chi connectivity index (χ1) is 10.1. The second-order valence-corrected chi connectivity index (χ2v) is 5.78. The highest BCUT2D eigenvalue weighted by atomic mass is 16.5. The molecule has 1 aromatic carbocycles. The van der Waals surface area contributed by atoms with Crippen molar-refractivity contribution in [3.63, 3.8) is 0 Å². The van der Waals surface area contributed by atoms with E-state index in [-0.39, 0.29) is 11.8 Å². The number of carbonyl (C=O) groups excluding carboxylic acids is 1. The van der Waals surface area contributed by atoms with Crippen molar-refractivity contribution in [1.82, 2.24) is 5.32 Å². The molecule has 2 atom stereocenters. The molecule has 0 bridgehead atoms. The Labute approximate surface area is 123 Å². The summed E-state index contributed by atoms with van der Waals surface area (Å²) in [7, 11) is 0. The lowest BCUT2D eigenvalue weighted by Gasteiger charge is -2.27. The van der Waals surface area contributed by atoms with Gasteiger partial charge in [0.15, 0.2) is 0 Å². The molecule has 1 amide bonds. The lowest BCUT2D eigenvalue weighted by atomic mass is 9.96. The third-order valence-corrected chi connectivity index (χ3v) is 4.22. The van der Waals surface area contributed by atoms with E-state index in [2.05, 4.69) is 5.32 Å². The van der Waals surface area contributed by atoms with Gasteiger partial charge in [-0.1, -0.05) is 18.2 Å². The van der Waals surface area contributed by atoms with Crippen molar-refractivity contribution in [3.8, 4) is 5.75 Å². The third-order valence-electron chi connectivity index (χ3n) is 4.22. The predicted molar refractivity (Wildman–Crippen MR) is 75.8 cm³/mol. The van der Waals surface area contributed by atoms with E-state index in [0.717, 1.165) is 24.2 Å². The van der Waals surface area contributed by atoms with E-state index >= 15 is 0 Å². The molecule has 2 aliphatic rings. The van der Waals surface area contributed by atoms with Crippen LogP contribution in [0.15, 0.2) is 24.3 Å². The summed E-state index contributed by atoms with van der Waals surface area (Å²) in [6.07, 6.45) is 4.12. The molecule has 3 rings (SSSR count). The highest BCUT2D eigenvalue weighted by Gasteiger charge is 2.48. The van der Waals surface area contributed by atoms with Gasteiger partial charge in [-0.15, -0.1) is 0 Å². The molecule has 1 aromatic rings. The fraction of sp³-hybridized carbons (Fsp3) is 0.500. The van der Waals surface area contributed by atoms with Gasteiger partial charge < -0.3 is 15.2 Å². The molecule has 2 saturated carbocycles. The molecule has 5 heteroatoms. The number of aliphatic carboxylic acids is 1. The number of nitrogens with one attached hydrogen (secondary N) is 1. The van der Waals surface area contributed by atoms with E-state index in [1.165, 1.54) is 6.42 Å². The molecule has 0 aliphatic heterocycles. The summed E-state index contributed by atoms with van der Waals surface area (Å²) in [6.45, 7) is 0.380. The van der Waals surface area contributed by atoms with Crippen LogP contribution in [-0.2, 0) is 16.1 Å². The first-order valence-corrected chi connectivity index (χ1v) is 7.40. The second kappa shape index (κ2) is 5.76. The summed E-state index contributed by atoms with van der Waals surface area (Å²) in [4.78, 5) is 22.6. The second-order valence-electron chi connectivity index (χ2n) is 5.78. The monoisotopic (exact) mass is 289 g/mol. The van der Waals surface area contributed by atoms with Crippen LogP contribution in [0.5, 0.6) is 5.75 Å². The van der Waals surface area contributed by atoms with Gasteiger partial charge in [-0.25, -0.2) is 0 Å². The maximum atomic E-state index is 11.9. The highest BCUT2D eigenvalue weighted by Crippen LogP contribution is 2.38. The molecule has 5 nitrogen and oxygen atoms in total. The minimum atomic E-state index is -0.885. The van der Waals surface area contributed by atoms with Crippen LogP contribution in [0.25, 0.3) is 0 Å². The molecule has 0 radical (unpaired) electrons. The smallest absolute Gasteiger partial charge is 0.307 e. The number of amides is 1. The van der Waals surface area contributed by atoms with Gasteiger partial charge in [-0.05, 0) is 31.7 Å². The summed E-state index contributed by atoms with van der Waals surface area (Å²) in [5.41, 5.74) is 0.935. The first kappa shape index (κ1) is 13.9. The minimum absolute atomic E-state index is 0.180. The van der Waals surface area contributed by atoms with Crippen LogP contribution < -0.4 is 10.1 Å². The molecular formula is C16H19NO4. The van der Waals surface area contributed by atoms with Crippen molar-refractivity contribution in [2.75, 3.05) is 0 Å². The summed E-state index contributed by atoms with van der Waals surface area (Å²) < 4.78 is 5.90. The van der Waals surface area contributed by atoms with Crippen molar-refractivity contribution in [3.05, 3.63) is 29.8 Å². The fourth-order valence-corrected chi connectivity index (χ4v) is 2.50. The van der Waals surface area contributed by atoms with Crippen molar-refractivity contribution in [2.24, 2.45) is 11.8 Å². The van der Waals surface area contributed by atoms with Gasteiger partial charge in [0, 0.05) is 12.1 Å². The van der Waals surface area contributed by atoms with Crippen LogP contribution in [0, 0.1) is 11.8 Å². The average Bonchev–Trinajstić information content (AvgIpc) is 3.22. The fourth-order valence-electron chi connectivity index (χ4n) is 2.50. The van der Waals surface area contributed by atoms with Gasteiger partial charge in [0.1, 0.15) is 5.75 Å². The van der Waals surface area contributed by atoms with E-state index in [0.29, 0.717) is 19.1 Å². The van der Waals surface area contributed by atoms with E-state index < -0.39 is 11.9 Å². The maximum Gasteiger partial charge on any atom is 0.307 e. The summed E-state index contributed by atoms with van der Waals surface area (Å²) >= 11 is 0. The van der Waals surface area contributed by atoms with Gasteiger partial charge in [-0.2, -0.15) is 0 Å². The summed E-state index contributed by atoms with van der Waals surface area (Å²) in [6, 6.07) is 7.67. The molecule has 0 spiro atoms. The number of hydrogen-bond donors (Lipinski definition) is 2. The Bertz CT molecular complexity index is 553. The van der Waals surface area contributed by atoms with Gasteiger partial charge in [0.05, 0.1) is 17.9 Å². The Balaban J connectivity index is 1.55. The van der Waals surface area contributed by atoms with Crippen LogP contribution in [0.3, 0.4) is 0 Å². The standard InChI is InChI=1S/C16H19NO4/c18-15(12-8-13(12)16(19)20)17-9-10-4-1-2-7-14(10)21-11-5-3-6-11/h1-2,4,7,11-13H,3,5-6,8-9H2,(H,17,18)(H,19,20)/t12-,13-/m1/s1. The van der Waals surface area contributed by atoms with E-state index in [4.69, 9.17) is 9.84 Å². The van der Waals surface area contributed by atoms with Crippen molar-refractivity contribution >= 4 is 11.9 Å². The van der Waals surface area contributed by atoms with Crippen LogP contribution in [0.2, 0.25) is 0 Å². The number of benzene rings is 1. The van der Waals surface area contributed by atoms with Crippen molar-refractivity contribution in [1.29, 1.82) is 0 Å². The Morgan fingerprint density at radius 3 is 2.62 bits per heavy atom. The van der Waals surface area contributed by atoms with E-state index in [1.54, 1.807) is 0 Å². The zero-order valence-corrected chi connectivity index (χ0v) is 11.7. The van der Waals surface area contributed by atoms with Gasteiger partial charge in [0.25, 0.3) is 0 Å². The number of para-hydroxylation sites is 1. The lowest BCUT2D eigenvalue weighted by Crippen LogP contribution is -2.28. The van der Waals surface area contributed by atoms with Gasteiger partial charge in [-0.3, -0.25) is 9.59 Å². The zero-order valence-electron chi connectivity index (χ0n) is 11.7. The Morgan fingerprint density at radius 2 is 2.00 bits per heavy atom. The van der Waals surface area contributed by atoms with Crippen LogP contribution in [-0.4, -0.2) is 23.1 Å². The predicted octanol–water partition coefficient (Wildman–Crippen LogP) is 1.95. The van der Waals surface area contributed by atoms with Crippen LogP contribution >= 0.6 is 0 Å². The molecule has 0 saturated heterocycles. The van der Waals surface area contributed by atoms with E-state index in [9.17, 15) is 9.59 Å².